The number of hydrogen-bond donors (Lipinski definition) is 1. The van der Waals surface area contributed by atoms with E-state index in [4.69, 9.17) is 0 Å². The van der Waals surface area contributed by atoms with Crippen LogP contribution in [-0.2, 0) is 0 Å². The highest BCUT2D eigenvalue weighted by molar-refractivity contribution is 5.29. The van der Waals surface area contributed by atoms with Crippen LogP contribution in [0.2, 0.25) is 0 Å². The van der Waals surface area contributed by atoms with Gasteiger partial charge < -0.3 is 10.0 Å². The molecule has 0 bridgehead atoms. The zero-order valence-corrected chi connectivity index (χ0v) is 11.2. The first-order valence-electron chi connectivity index (χ1n) is 6.41. The Morgan fingerprint density at radius 1 is 1.39 bits per heavy atom. The maximum Gasteiger partial charge on any atom is 0.131 e. The van der Waals surface area contributed by atoms with Gasteiger partial charge in [-0.1, -0.05) is 6.07 Å². The van der Waals surface area contributed by atoms with E-state index in [2.05, 4.69) is 23.8 Å². The molecule has 100 valence electrons. The van der Waals surface area contributed by atoms with E-state index in [0.29, 0.717) is 11.6 Å². The Labute approximate surface area is 108 Å². The molecule has 0 aromatic heterocycles. The Balaban J connectivity index is 2.17. The van der Waals surface area contributed by atoms with Crippen LogP contribution < -0.4 is 0 Å². The molecule has 1 saturated heterocycles. The first kappa shape index (κ1) is 13.3. The minimum Gasteiger partial charge on any atom is -0.508 e. The van der Waals surface area contributed by atoms with Crippen molar-refractivity contribution in [2.75, 3.05) is 26.7 Å². The highest BCUT2D eigenvalue weighted by Gasteiger charge is 2.27. The lowest BCUT2D eigenvalue weighted by molar-refractivity contribution is 0.0660. The highest BCUT2D eigenvalue weighted by atomic mass is 19.1. The second-order valence-corrected chi connectivity index (χ2v) is 5.23. The molecule has 0 radical (unpaired) electrons. The molecule has 0 aliphatic carbocycles. The lowest BCUT2D eigenvalue weighted by Crippen LogP contribution is -2.51. The molecule has 2 rings (SSSR count). The number of hydrogen-bond acceptors (Lipinski definition) is 3. The molecule has 2 unspecified atom stereocenters. The summed E-state index contributed by atoms with van der Waals surface area (Å²) in [6.45, 7) is 7.15. The minimum atomic E-state index is -0.325. The van der Waals surface area contributed by atoms with Gasteiger partial charge in [0.15, 0.2) is 0 Å². The molecule has 0 amide bonds. The lowest BCUT2D eigenvalue weighted by atomic mass is 10.0. The summed E-state index contributed by atoms with van der Waals surface area (Å²) >= 11 is 0. The van der Waals surface area contributed by atoms with E-state index in [1.165, 1.54) is 6.07 Å². The molecule has 1 N–H and O–H groups in total. The molecule has 3 nitrogen and oxygen atoms in total. The zero-order chi connectivity index (χ0) is 13.3. The Bertz CT molecular complexity index is 424. The largest absolute Gasteiger partial charge is 0.508 e. The van der Waals surface area contributed by atoms with E-state index in [9.17, 15) is 9.50 Å². The van der Waals surface area contributed by atoms with Gasteiger partial charge in [-0.3, -0.25) is 4.90 Å². The van der Waals surface area contributed by atoms with Gasteiger partial charge in [0, 0.05) is 43.3 Å². The van der Waals surface area contributed by atoms with Crippen molar-refractivity contribution in [3.8, 4) is 5.75 Å². The SMILES string of the molecule is CC1CN(C)CCN1C(C)c1ccc(O)cc1F. The predicted octanol–water partition coefficient (Wildman–Crippen LogP) is 2.23. The Hall–Kier alpha value is -1.13. The quantitative estimate of drug-likeness (QED) is 0.874. The van der Waals surface area contributed by atoms with Crippen LogP contribution in [0.1, 0.15) is 25.5 Å². The molecule has 4 heteroatoms. The molecule has 1 aliphatic rings. The highest BCUT2D eigenvalue weighted by Crippen LogP contribution is 2.28. The Morgan fingerprint density at radius 2 is 2.11 bits per heavy atom. The van der Waals surface area contributed by atoms with E-state index in [1.807, 2.05) is 6.92 Å². The fourth-order valence-electron chi connectivity index (χ4n) is 2.76. The first-order chi connectivity index (χ1) is 8.49. The fraction of sp³-hybridized carbons (Fsp3) is 0.571. The first-order valence-corrected chi connectivity index (χ1v) is 6.41. The molecule has 18 heavy (non-hydrogen) atoms. The van der Waals surface area contributed by atoms with Crippen molar-refractivity contribution in [3.63, 3.8) is 0 Å². The number of phenolic OH excluding ortho intramolecular Hbond substituents is 1. The summed E-state index contributed by atoms with van der Waals surface area (Å²) in [5.41, 5.74) is 0.657. The van der Waals surface area contributed by atoms with Crippen molar-refractivity contribution < 1.29 is 9.50 Å². The van der Waals surface area contributed by atoms with Crippen LogP contribution in [0, 0.1) is 5.82 Å². The van der Waals surface area contributed by atoms with Crippen LogP contribution in [0.4, 0.5) is 4.39 Å². The summed E-state index contributed by atoms with van der Waals surface area (Å²) in [4.78, 5) is 4.61. The monoisotopic (exact) mass is 252 g/mol. The molecule has 2 atom stereocenters. The van der Waals surface area contributed by atoms with Gasteiger partial charge in [-0.25, -0.2) is 4.39 Å². The molecular formula is C14H21FN2O. The number of rotatable bonds is 2. The summed E-state index contributed by atoms with van der Waals surface area (Å²) in [5, 5.41) is 9.26. The molecule has 0 saturated carbocycles. The Kier molecular flexibility index (Phi) is 3.88. The van der Waals surface area contributed by atoms with Crippen molar-refractivity contribution in [1.82, 2.24) is 9.80 Å². The van der Waals surface area contributed by atoms with E-state index in [1.54, 1.807) is 12.1 Å². The van der Waals surface area contributed by atoms with Crippen LogP contribution in [0.5, 0.6) is 5.75 Å². The van der Waals surface area contributed by atoms with E-state index < -0.39 is 0 Å². The van der Waals surface area contributed by atoms with Crippen LogP contribution in [0.15, 0.2) is 18.2 Å². The molecule has 1 heterocycles. The second kappa shape index (κ2) is 5.24. The lowest BCUT2D eigenvalue weighted by Gasteiger charge is -2.42. The van der Waals surface area contributed by atoms with Crippen molar-refractivity contribution in [3.05, 3.63) is 29.6 Å². The van der Waals surface area contributed by atoms with Crippen molar-refractivity contribution in [2.45, 2.75) is 25.9 Å². The van der Waals surface area contributed by atoms with Gasteiger partial charge in [0.1, 0.15) is 11.6 Å². The molecular weight excluding hydrogens is 231 g/mol. The Morgan fingerprint density at radius 3 is 2.72 bits per heavy atom. The van der Waals surface area contributed by atoms with Gasteiger partial charge in [0.25, 0.3) is 0 Å². The van der Waals surface area contributed by atoms with Gasteiger partial charge in [-0.2, -0.15) is 0 Å². The predicted molar refractivity (Wildman–Crippen MR) is 70.1 cm³/mol. The summed E-state index contributed by atoms with van der Waals surface area (Å²) in [6.07, 6.45) is 0. The van der Waals surface area contributed by atoms with Gasteiger partial charge >= 0.3 is 0 Å². The standard InChI is InChI=1S/C14H21FN2O/c1-10-9-16(3)6-7-17(10)11(2)13-5-4-12(18)8-14(13)15/h4-5,8,10-11,18H,6-7,9H2,1-3H3. The molecule has 0 spiro atoms. The third-order valence-electron chi connectivity index (χ3n) is 3.81. The maximum absolute atomic E-state index is 13.9. The number of halogens is 1. The van der Waals surface area contributed by atoms with Crippen LogP contribution in [0.3, 0.4) is 0 Å². The van der Waals surface area contributed by atoms with E-state index >= 15 is 0 Å². The number of phenols is 1. The number of likely N-dealkylation sites (N-methyl/N-ethyl adjacent to an activating group) is 1. The second-order valence-electron chi connectivity index (χ2n) is 5.23. The van der Waals surface area contributed by atoms with E-state index in [0.717, 1.165) is 19.6 Å². The molecule has 1 aromatic rings. The van der Waals surface area contributed by atoms with Crippen molar-refractivity contribution in [1.29, 1.82) is 0 Å². The topological polar surface area (TPSA) is 26.7 Å². The minimum absolute atomic E-state index is 0.0186. The number of nitrogens with zero attached hydrogens (tertiary/aromatic N) is 2. The fourth-order valence-corrected chi connectivity index (χ4v) is 2.76. The molecule has 1 aromatic carbocycles. The van der Waals surface area contributed by atoms with Crippen LogP contribution >= 0.6 is 0 Å². The normalized spacial score (nSPS) is 24.1. The average Bonchev–Trinajstić information content (AvgIpc) is 2.28. The number of aromatic hydroxyl groups is 1. The summed E-state index contributed by atoms with van der Waals surface area (Å²) < 4.78 is 13.9. The van der Waals surface area contributed by atoms with Gasteiger partial charge in [-0.15, -0.1) is 0 Å². The summed E-state index contributed by atoms with van der Waals surface area (Å²) in [6, 6.07) is 4.86. The van der Waals surface area contributed by atoms with Crippen LogP contribution in [-0.4, -0.2) is 47.6 Å². The number of benzene rings is 1. The maximum atomic E-state index is 13.9. The smallest absolute Gasteiger partial charge is 0.131 e. The zero-order valence-electron chi connectivity index (χ0n) is 11.2. The molecule has 1 aliphatic heterocycles. The van der Waals surface area contributed by atoms with Crippen LogP contribution in [0.25, 0.3) is 0 Å². The third kappa shape index (κ3) is 2.65. The number of piperazine rings is 1. The third-order valence-corrected chi connectivity index (χ3v) is 3.81. The molecule has 1 fully saturated rings. The average molecular weight is 252 g/mol. The van der Waals surface area contributed by atoms with Crippen molar-refractivity contribution in [2.24, 2.45) is 0 Å². The summed E-state index contributed by atoms with van der Waals surface area (Å²) in [5.74, 6) is -0.344. The van der Waals surface area contributed by atoms with Gasteiger partial charge in [0.05, 0.1) is 0 Å². The van der Waals surface area contributed by atoms with Gasteiger partial charge in [0.2, 0.25) is 0 Å². The van der Waals surface area contributed by atoms with E-state index in [-0.39, 0.29) is 17.6 Å². The van der Waals surface area contributed by atoms with Crippen molar-refractivity contribution >= 4 is 0 Å². The van der Waals surface area contributed by atoms with Gasteiger partial charge in [-0.05, 0) is 27.0 Å². The summed E-state index contributed by atoms with van der Waals surface area (Å²) in [7, 11) is 2.11.